The second-order valence-corrected chi connectivity index (χ2v) is 9.72. The van der Waals surface area contributed by atoms with Gasteiger partial charge in [0, 0.05) is 32.6 Å². The van der Waals surface area contributed by atoms with Gasteiger partial charge in [-0.25, -0.2) is 0 Å². The Morgan fingerprint density at radius 3 is 2.50 bits per heavy atom. The molecule has 0 unspecified atom stereocenters. The van der Waals surface area contributed by atoms with Crippen LogP contribution >= 0.6 is 0 Å². The molecule has 1 aromatic carbocycles. The maximum atomic E-state index is 13.0. The lowest BCUT2D eigenvalue weighted by Crippen LogP contribution is -2.51. The molecule has 1 saturated carbocycles. The number of nitrogens with zero attached hydrogens (tertiary/aromatic N) is 2. The van der Waals surface area contributed by atoms with Gasteiger partial charge in [0.25, 0.3) is 5.91 Å². The lowest BCUT2D eigenvalue weighted by Gasteiger charge is -2.45. The van der Waals surface area contributed by atoms with Crippen LogP contribution < -0.4 is 4.74 Å². The van der Waals surface area contributed by atoms with E-state index >= 15 is 0 Å². The zero-order valence-electron chi connectivity index (χ0n) is 18.6. The van der Waals surface area contributed by atoms with Crippen molar-refractivity contribution in [2.24, 2.45) is 11.3 Å². The fourth-order valence-corrected chi connectivity index (χ4v) is 5.38. The van der Waals surface area contributed by atoms with E-state index in [0.29, 0.717) is 5.91 Å². The van der Waals surface area contributed by atoms with Gasteiger partial charge in [-0.15, -0.1) is 0 Å². The van der Waals surface area contributed by atoms with Crippen molar-refractivity contribution < 1.29 is 14.3 Å². The van der Waals surface area contributed by atoms with E-state index in [1.807, 2.05) is 37.1 Å². The van der Waals surface area contributed by atoms with Gasteiger partial charge in [0.2, 0.25) is 5.91 Å². The van der Waals surface area contributed by atoms with Crippen LogP contribution in [-0.2, 0) is 16.0 Å². The summed E-state index contributed by atoms with van der Waals surface area (Å²) in [6.07, 6.45) is 9.19. The van der Waals surface area contributed by atoms with Gasteiger partial charge in [-0.1, -0.05) is 31.0 Å². The summed E-state index contributed by atoms with van der Waals surface area (Å²) in [5.41, 5.74) is 1.30. The largest absolute Gasteiger partial charge is 0.481 e. The van der Waals surface area contributed by atoms with Crippen molar-refractivity contribution in [2.45, 2.75) is 70.8 Å². The first-order valence-electron chi connectivity index (χ1n) is 11.8. The van der Waals surface area contributed by atoms with Crippen LogP contribution in [0, 0.1) is 11.3 Å². The number of carbonyl (C=O) groups is 2. The molecule has 1 atom stereocenters. The number of benzene rings is 1. The number of hydrogen-bond acceptors (Lipinski definition) is 3. The summed E-state index contributed by atoms with van der Waals surface area (Å²) in [4.78, 5) is 29.7. The molecule has 3 aliphatic rings. The Morgan fingerprint density at radius 2 is 1.80 bits per heavy atom. The van der Waals surface area contributed by atoms with Gasteiger partial charge in [0.05, 0.1) is 0 Å². The van der Waals surface area contributed by atoms with E-state index in [9.17, 15) is 9.59 Å². The summed E-state index contributed by atoms with van der Waals surface area (Å²) in [6, 6.07) is 8.10. The number of amides is 2. The highest BCUT2D eigenvalue weighted by Crippen LogP contribution is 2.39. The highest BCUT2D eigenvalue weighted by atomic mass is 16.5. The van der Waals surface area contributed by atoms with E-state index in [4.69, 9.17) is 4.74 Å². The van der Waals surface area contributed by atoms with Crippen LogP contribution in [0.1, 0.15) is 63.9 Å². The number of likely N-dealkylation sites (N-methyl/N-ethyl adjacent to an activating group) is 1. The molecule has 1 saturated heterocycles. The van der Waals surface area contributed by atoms with Gasteiger partial charge < -0.3 is 14.5 Å². The van der Waals surface area contributed by atoms with Crippen LogP contribution in [0.5, 0.6) is 5.75 Å². The number of piperidine rings is 1. The van der Waals surface area contributed by atoms with Crippen LogP contribution in [0.15, 0.2) is 24.3 Å². The van der Waals surface area contributed by atoms with E-state index in [0.717, 1.165) is 76.8 Å². The normalized spacial score (nSPS) is 25.5. The number of hydrogen-bond donors (Lipinski definition) is 0. The van der Waals surface area contributed by atoms with E-state index < -0.39 is 6.10 Å². The summed E-state index contributed by atoms with van der Waals surface area (Å²) in [5.74, 6) is 1.52. The average Bonchev–Trinajstić information content (AvgIpc) is 2.70. The Balaban J connectivity index is 1.46. The minimum absolute atomic E-state index is 0.0396. The molecule has 2 amide bonds. The maximum Gasteiger partial charge on any atom is 0.263 e. The van der Waals surface area contributed by atoms with Gasteiger partial charge in [-0.2, -0.15) is 0 Å². The number of likely N-dealkylation sites (tertiary alicyclic amines) is 1. The standard InChI is InChI=1S/C25H36N2O3/c1-19-23(28)26(2)18-25(13-6-5-9-20-8-3-4-12-22(20)30-19)14-16-27(17-15-25)24(29)21-10-7-11-21/h3-4,8,12,19,21H,5-7,9-11,13-18H2,1-2H3/t19-/m1/s1. The monoisotopic (exact) mass is 412 g/mol. The Labute approximate surface area is 180 Å². The van der Waals surface area contributed by atoms with Crippen molar-refractivity contribution in [3.8, 4) is 5.75 Å². The summed E-state index contributed by atoms with van der Waals surface area (Å²) in [6.45, 7) is 4.29. The molecule has 0 bridgehead atoms. The summed E-state index contributed by atoms with van der Waals surface area (Å²) in [5, 5.41) is 0. The predicted octanol–water partition coefficient (Wildman–Crippen LogP) is 4.05. The quantitative estimate of drug-likeness (QED) is 0.699. The van der Waals surface area contributed by atoms with Crippen molar-refractivity contribution in [1.82, 2.24) is 9.80 Å². The topological polar surface area (TPSA) is 49.9 Å². The number of fused-ring (bicyclic) bond motifs is 1. The molecule has 1 aromatic rings. The molecule has 1 aliphatic carbocycles. The minimum atomic E-state index is -0.493. The Bertz CT molecular complexity index is 765. The third-order valence-electron chi connectivity index (χ3n) is 7.57. The molecule has 0 aromatic heterocycles. The number of para-hydroxylation sites is 1. The van der Waals surface area contributed by atoms with Crippen molar-refractivity contribution in [3.63, 3.8) is 0 Å². The lowest BCUT2D eigenvalue weighted by atomic mass is 9.73. The first kappa shape index (κ1) is 21.2. The lowest BCUT2D eigenvalue weighted by molar-refractivity contribution is -0.143. The van der Waals surface area contributed by atoms with Gasteiger partial charge >= 0.3 is 0 Å². The molecule has 1 spiro atoms. The zero-order valence-corrected chi connectivity index (χ0v) is 18.6. The van der Waals surface area contributed by atoms with Crippen molar-refractivity contribution in [1.29, 1.82) is 0 Å². The molecule has 4 rings (SSSR count). The molecule has 5 heteroatoms. The Hall–Kier alpha value is -2.04. The molecule has 2 heterocycles. The molecule has 30 heavy (non-hydrogen) atoms. The summed E-state index contributed by atoms with van der Waals surface area (Å²) < 4.78 is 6.08. The van der Waals surface area contributed by atoms with Crippen molar-refractivity contribution in [3.05, 3.63) is 29.8 Å². The Kier molecular flexibility index (Phi) is 6.35. The highest BCUT2D eigenvalue weighted by Gasteiger charge is 2.40. The van der Waals surface area contributed by atoms with Crippen LogP contribution in [0.25, 0.3) is 0 Å². The second-order valence-electron chi connectivity index (χ2n) is 9.72. The molecule has 5 nitrogen and oxygen atoms in total. The second kappa shape index (κ2) is 8.99. The molecular formula is C25H36N2O3. The first-order chi connectivity index (χ1) is 14.5. The number of aryl methyl sites for hydroxylation is 1. The molecule has 0 radical (unpaired) electrons. The van der Waals surface area contributed by atoms with Crippen LogP contribution in [0.2, 0.25) is 0 Å². The van der Waals surface area contributed by atoms with E-state index in [2.05, 4.69) is 11.0 Å². The zero-order chi connectivity index (χ0) is 21.1. The van der Waals surface area contributed by atoms with E-state index in [1.165, 1.54) is 12.0 Å². The van der Waals surface area contributed by atoms with Gasteiger partial charge in [0.15, 0.2) is 6.10 Å². The average molecular weight is 413 g/mol. The number of rotatable bonds is 1. The van der Waals surface area contributed by atoms with Crippen molar-refractivity contribution in [2.75, 3.05) is 26.7 Å². The summed E-state index contributed by atoms with van der Waals surface area (Å²) in [7, 11) is 1.91. The van der Waals surface area contributed by atoms with Gasteiger partial charge in [-0.3, -0.25) is 9.59 Å². The molecular weight excluding hydrogens is 376 g/mol. The highest BCUT2D eigenvalue weighted by molar-refractivity contribution is 5.81. The minimum Gasteiger partial charge on any atom is -0.481 e. The fraction of sp³-hybridized carbons (Fsp3) is 0.680. The molecule has 0 N–H and O–H groups in total. The van der Waals surface area contributed by atoms with Crippen LogP contribution in [0.3, 0.4) is 0 Å². The fourth-order valence-electron chi connectivity index (χ4n) is 5.38. The smallest absolute Gasteiger partial charge is 0.263 e. The predicted molar refractivity (Wildman–Crippen MR) is 117 cm³/mol. The molecule has 2 fully saturated rings. The van der Waals surface area contributed by atoms with Gasteiger partial charge in [-0.05, 0) is 68.9 Å². The molecule has 164 valence electrons. The molecule has 2 aliphatic heterocycles. The summed E-state index contributed by atoms with van der Waals surface area (Å²) >= 11 is 0. The SMILES string of the molecule is C[C@H]1Oc2ccccc2CCCCC2(CCN(C(=O)C3CCC3)CC2)CN(C)C1=O. The third kappa shape index (κ3) is 4.50. The Morgan fingerprint density at radius 1 is 1.07 bits per heavy atom. The van der Waals surface area contributed by atoms with Gasteiger partial charge in [0.1, 0.15) is 5.75 Å². The maximum absolute atomic E-state index is 13.0. The van der Waals surface area contributed by atoms with E-state index in [-0.39, 0.29) is 17.2 Å². The van der Waals surface area contributed by atoms with Crippen LogP contribution in [0.4, 0.5) is 0 Å². The number of carbonyl (C=O) groups excluding carboxylic acids is 2. The van der Waals surface area contributed by atoms with Crippen molar-refractivity contribution >= 4 is 11.8 Å². The van der Waals surface area contributed by atoms with Crippen LogP contribution in [-0.4, -0.2) is 54.4 Å². The third-order valence-corrected chi connectivity index (χ3v) is 7.57. The van der Waals surface area contributed by atoms with E-state index in [1.54, 1.807) is 0 Å². The first-order valence-corrected chi connectivity index (χ1v) is 11.8. The number of ether oxygens (including phenoxy) is 1.